The van der Waals surface area contributed by atoms with Gasteiger partial charge in [-0.25, -0.2) is 0 Å². The van der Waals surface area contributed by atoms with E-state index in [4.69, 9.17) is 14.2 Å². The molecule has 0 heterocycles. The van der Waals surface area contributed by atoms with Crippen molar-refractivity contribution in [1.82, 2.24) is 0 Å². The molecule has 39 heavy (non-hydrogen) atoms. The van der Waals surface area contributed by atoms with Crippen LogP contribution in [0.3, 0.4) is 0 Å². The van der Waals surface area contributed by atoms with Gasteiger partial charge in [-0.3, -0.25) is 0 Å². The van der Waals surface area contributed by atoms with Gasteiger partial charge in [0, 0.05) is 12.3 Å². The number of rotatable bonds is 12. The first-order valence-electron chi connectivity index (χ1n) is 14.8. The smallest absolute Gasteiger partial charge is 0.199 e. The zero-order valence-electron chi connectivity index (χ0n) is 24.8. The van der Waals surface area contributed by atoms with Crippen LogP contribution in [-0.4, -0.2) is 20.3 Å². The molecule has 2 fully saturated rings. The first kappa shape index (κ1) is 31.0. The van der Waals surface area contributed by atoms with Crippen LogP contribution in [0.2, 0.25) is 0 Å². The Kier molecular flexibility index (Phi) is 12.1. The summed E-state index contributed by atoms with van der Waals surface area (Å²) < 4.78 is 44.7. The number of benzene rings is 1. The number of hydrogen-bond donors (Lipinski definition) is 0. The van der Waals surface area contributed by atoms with E-state index < -0.39 is 11.7 Å². The van der Waals surface area contributed by atoms with Crippen molar-refractivity contribution in [3.63, 3.8) is 0 Å². The highest BCUT2D eigenvalue weighted by atomic mass is 19.2. The van der Waals surface area contributed by atoms with E-state index in [2.05, 4.69) is 49.4 Å². The van der Waals surface area contributed by atoms with Gasteiger partial charge in [-0.1, -0.05) is 44.2 Å². The molecule has 0 radical (unpaired) electrons. The molecular weight excluding hydrogens is 494 g/mol. The summed E-state index contributed by atoms with van der Waals surface area (Å²) in [5, 5.41) is 0. The fraction of sp³-hybridized carbons (Fsp3) is 0.588. The summed E-state index contributed by atoms with van der Waals surface area (Å²) in [6.45, 7) is 10.3. The average Bonchev–Trinajstić information content (AvgIpc) is 2.97. The van der Waals surface area contributed by atoms with Crippen LogP contribution >= 0.6 is 0 Å². The quantitative estimate of drug-likeness (QED) is 0.194. The van der Waals surface area contributed by atoms with Gasteiger partial charge in [0.1, 0.15) is 17.3 Å². The van der Waals surface area contributed by atoms with Crippen LogP contribution < -0.4 is 4.74 Å². The maximum absolute atomic E-state index is 14.5. The summed E-state index contributed by atoms with van der Waals surface area (Å²) in [5.74, 6) is 1.84. The molecule has 5 atom stereocenters. The molecule has 2 saturated carbocycles. The van der Waals surface area contributed by atoms with Crippen molar-refractivity contribution >= 4 is 0 Å². The summed E-state index contributed by atoms with van der Waals surface area (Å²) >= 11 is 0. The SMILES string of the molecule is C/C=C(\C=C/C(C)CO/C(CC)=C(F)/C(F)=C(\C)OC)C1CCC2CC(c3ccc(OCC)cc3)CCC2C1. The van der Waals surface area contributed by atoms with E-state index in [1.54, 1.807) is 6.92 Å². The molecule has 2 aliphatic carbocycles. The van der Waals surface area contributed by atoms with E-state index in [9.17, 15) is 8.78 Å². The fourth-order valence-corrected chi connectivity index (χ4v) is 6.22. The summed E-state index contributed by atoms with van der Waals surface area (Å²) in [6.07, 6.45) is 14.5. The molecule has 216 valence electrons. The Labute approximate surface area is 235 Å². The highest BCUT2D eigenvalue weighted by Crippen LogP contribution is 2.49. The van der Waals surface area contributed by atoms with Crippen LogP contribution in [0.5, 0.6) is 5.75 Å². The first-order valence-corrected chi connectivity index (χ1v) is 14.8. The highest BCUT2D eigenvalue weighted by Gasteiger charge is 2.36. The molecule has 2 aliphatic rings. The van der Waals surface area contributed by atoms with Crippen LogP contribution in [-0.2, 0) is 9.47 Å². The molecule has 0 aliphatic heterocycles. The van der Waals surface area contributed by atoms with Crippen LogP contribution in [0, 0.1) is 23.7 Å². The Hall–Kier alpha value is -2.56. The van der Waals surface area contributed by atoms with Gasteiger partial charge in [-0.05, 0) is 106 Å². The fourth-order valence-electron chi connectivity index (χ4n) is 6.22. The predicted molar refractivity (Wildman–Crippen MR) is 156 cm³/mol. The maximum atomic E-state index is 14.5. The third-order valence-electron chi connectivity index (χ3n) is 8.59. The van der Waals surface area contributed by atoms with Crippen molar-refractivity contribution in [2.75, 3.05) is 20.3 Å². The lowest BCUT2D eigenvalue weighted by atomic mass is 9.63. The van der Waals surface area contributed by atoms with Crippen molar-refractivity contribution < 1.29 is 23.0 Å². The molecule has 1 aromatic rings. The lowest BCUT2D eigenvalue weighted by Gasteiger charge is -2.42. The minimum absolute atomic E-state index is 0.0227. The van der Waals surface area contributed by atoms with Crippen molar-refractivity contribution in [3.05, 3.63) is 76.8 Å². The van der Waals surface area contributed by atoms with Crippen molar-refractivity contribution in [2.45, 2.75) is 85.5 Å². The van der Waals surface area contributed by atoms with Gasteiger partial charge in [0.25, 0.3) is 0 Å². The Morgan fingerprint density at radius 3 is 2.33 bits per heavy atom. The standard InChI is InChI=1S/C34H48F2O3/c1-7-25(11-10-23(4)22-39-32(8-2)34(36)33(35)24(5)37-6)27-12-14-30-21-28(13-15-29(30)20-27)26-16-18-31(19-17-26)38-9-3/h7,10-11,16-19,23,27-30H,8-9,12-15,20-22H2,1-6H3/b11-10-,25-7+,33-24-,34-32-. The largest absolute Gasteiger partial charge is 0.498 e. The first-order chi connectivity index (χ1) is 18.8. The lowest BCUT2D eigenvalue weighted by molar-refractivity contribution is 0.131. The van der Waals surface area contributed by atoms with Gasteiger partial charge in [0.15, 0.2) is 11.7 Å². The monoisotopic (exact) mass is 542 g/mol. The van der Waals surface area contributed by atoms with Crippen LogP contribution in [0.4, 0.5) is 8.78 Å². The number of methoxy groups -OCH3 is 1. The molecule has 5 heteroatoms. The maximum Gasteiger partial charge on any atom is 0.199 e. The number of hydrogen-bond acceptors (Lipinski definition) is 3. The Morgan fingerprint density at radius 2 is 1.69 bits per heavy atom. The molecule has 0 spiro atoms. The van der Waals surface area contributed by atoms with Gasteiger partial charge >= 0.3 is 0 Å². The van der Waals surface area contributed by atoms with Crippen LogP contribution in [0.1, 0.15) is 91.0 Å². The van der Waals surface area contributed by atoms with Gasteiger partial charge in [0.05, 0.1) is 20.3 Å². The van der Waals surface area contributed by atoms with Crippen molar-refractivity contribution in [3.8, 4) is 5.75 Å². The Morgan fingerprint density at radius 1 is 1.00 bits per heavy atom. The van der Waals surface area contributed by atoms with Crippen LogP contribution in [0.15, 0.2) is 71.2 Å². The molecule has 0 bridgehead atoms. The van der Waals surface area contributed by atoms with Gasteiger partial charge in [-0.15, -0.1) is 0 Å². The number of halogens is 2. The molecular formula is C34H48F2O3. The molecule has 0 aromatic heterocycles. The van der Waals surface area contributed by atoms with Crippen LogP contribution in [0.25, 0.3) is 0 Å². The highest BCUT2D eigenvalue weighted by molar-refractivity contribution is 5.30. The molecule has 1 aromatic carbocycles. The van der Waals surface area contributed by atoms with E-state index in [0.717, 1.165) is 17.6 Å². The number of allylic oxidation sites excluding steroid dienone is 7. The molecule has 0 amide bonds. The summed E-state index contributed by atoms with van der Waals surface area (Å²) in [6, 6.07) is 8.76. The zero-order chi connectivity index (χ0) is 28.4. The normalized spacial score (nSPS) is 25.9. The predicted octanol–water partition coefficient (Wildman–Crippen LogP) is 9.98. The topological polar surface area (TPSA) is 27.7 Å². The summed E-state index contributed by atoms with van der Waals surface area (Å²) in [5.41, 5.74) is 2.84. The molecule has 5 unspecified atom stereocenters. The van der Waals surface area contributed by atoms with E-state index in [0.29, 0.717) is 25.0 Å². The van der Waals surface area contributed by atoms with Crippen molar-refractivity contribution in [1.29, 1.82) is 0 Å². The molecule has 3 rings (SSSR count). The Balaban J connectivity index is 1.53. The van der Waals surface area contributed by atoms with Gasteiger partial charge in [0.2, 0.25) is 0 Å². The second-order valence-electron chi connectivity index (χ2n) is 11.1. The summed E-state index contributed by atoms with van der Waals surface area (Å²) in [7, 11) is 1.32. The van der Waals surface area contributed by atoms with E-state index in [1.807, 2.05) is 13.8 Å². The van der Waals surface area contributed by atoms with Crippen molar-refractivity contribution in [2.24, 2.45) is 23.7 Å². The molecule has 0 N–H and O–H groups in total. The van der Waals surface area contributed by atoms with E-state index in [-0.39, 0.29) is 23.9 Å². The number of fused-ring (bicyclic) bond motifs is 1. The third kappa shape index (κ3) is 8.46. The number of ether oxygens (including phenoxy) is 3. The molecule has 0 saturated heterocycles. The third-order valence-corrected chi connectivity index (χ3v) is 8.59. The Bertz CT molecular complexity index is 1040. The lowest BCUT2D eigenvalue weighted by Crippen LogP contribution is -2.31. The van der Waals surface area contributed by atoms with E-state index >= 15 is 0 Å². The second kappa shape index (κ2) is 15.3. The van der Waals surface area contributed by atoms with Gasteiger partial charge in [-0.2, -0.15) is 8.78 Å². The molecule has 3 nitrogen and oxygen atoms in total. The van der Waals surface area contributed by atoms with E-state index in [1.165, 1.54) is 63.7 Å². The van der Waals surface area contributed by atoms with Gasteiger partial charge < -0.3 is 14.2 Å². The summed E-state index contributed by atoms with van der Waals surface area (Å²) in [4.78, 5) is 0. The average molecular weight is 543 g/mol. The second-order valence-corrected chi connectivity index (χ2v) is 11.1. The minimum Gasteiger partial charge on any atom is -0.498 e. The minimum atomic E-state index is -1.00. The zero-order valence-corrected chi connectivity index (χ0v) is 24.8.